The topological polar surface area (TPSA) is 105 Å². The molecular formula is C24H28N4O4. The lowest BCUT2D eigenvalue weighted by Crippen LogP contribution is -2.32. The van der Waals surface area contributed by atoms with Crippen LogP contribution in [0.4, 0.5) is 15.3 Å². The summed E-state index contributed by atoms with van der Waals surface area (Å²) in [6.45, 7) is 8.14. The van der Waals surface area contributed by atoms with E-state index in [1.165, 1.54) is 6.39 Å². The molecule has 3 rings (SSSR count). The molecule has 0 aliphatic carbocycles. The van der Waals surface area contributed by atoms with Crippen LogP contribution in [0.1, 0.15) is 37.5 Å². The Kier molecular flexibility index (Phi) is 7.14. The zero-order valence-electron chi connectivity index (χ0n) is 18.7. The minimum absolute atomic E-state index is 0.299. The fourth-order valence-electron chi connectivity index (χ4n) is 2.99. The Morgan fingerprint density at radius 1 is 1.00 bits per heavy atom. The van der Waals surface area contributed by atoms with Gasteiger partial charge >= 0.3 is 12.1 Å². The third kappa shape index (κ3) is 6.87. The van der Waals surface area contributed by atoms with Crippen LogP contribution in [0.5, 0.6) is 0 Å². The van der Waals surface area contributed by atoms with Gasteiger partial charge in [-0.25, -0.2) is 14.6 Å². The molecule has 1 heterocycles. The molecule has 3 amide bonds. The molecule has 0 saturated carbocycles. The molecule has 0 aliphatic rings. The van der Waals surface area contributed by atoms with Crippen molar-refractivity contribution in [2.24, 2.45) is 0 Å². The largest absolute Gasteiger partial charge is 0.444 e. The van der Waals surface area contributed by atoms with Gasteiger partial charge in [0, 0.05) is 24.3 Å². The van der Waals surface area contributed by atoms with Crippen LogP contribution in [0, 0.1) is 6.92 Å². The lowest BCUT2D eigenvalue weighted by Gasteiger charge is -2.19. The number of hydrogen-bond donors (Lipinski definition) is 3. The number of ether oxygens (including phenoxy) is 1. The second-order valence-corrected chi connectivity index (χ2v) is 8.38. The van der Waals surface area contributed by atoms with Crippen LogP contribution < -0.4 is 16.0 Å². The maximum Gasteiger partial charge on any atom is 0.407 e. The summed E-state index contributed by atoms with van der Waals surface area (Å²) in [4.78, 5) is 27.9. The van der Waals surface area contributed by atoms with Gasteiger partial charge in [-0.2, -0.15) is 0 Å². The van der Waals surface area contributed by atoms with Crippen molar-refractivity contribution in [3.05, 3.63) is 71.7 Å². The van der Waals surface area contributed by atoms with Gasteiger partial charge in [0.1, 0.15) is 5.60 Å². The van der Waals surface area contributed by atoms with E-state index < -0.39 is 11.7 Å². The van der Waals surface area contributed by atoms with E-state index in [9.17, 15) is 9.59 Å². The van der Waals surface area contributed by atoms with Crippen molar-refractivity contribution < 1.29 is 18.7 Å². The minimum Gasteiger partial charge on any atom is -0.444 e. The zero-order chi connectivity index (χ0) is 23.1. The van der Waals surface area contributed by atoms with E-state index in [1.807, 2.05) is 70.2 Å². The molecular weight excluding hydrogens is 408 g/mol. The fraction of sp³-hybridized carbons (Fsp3) is 0.292. The highest BCUT2D eigenvalue weighted by Gasteiger charge is 2.15. The molecule has 0 saturated heterocycles. The van der Waals surface area contributed by atoms with E-state index in [2.05, 4.69) is 20.9 Å². The van der Waals surface area contributed by atoms with E-state index in [-0.39, 0.29) is 6.03 Å². The van der Waals surface area contributed by atoms with Crippen molar-refractivity contribution in [2.75, 3.05) is 5.32 Å². The summed E-state index contributed by atoms with van der Waals surface area (Å²) < 4.78 is 10.5. The van der Waals surface area contributed by atoms with E-state index in [0.717, 1.165) is 22.3 Å². The third-order valence-corrected chi connectivity index (χ3v) is 4.49. The zero-order valence-corrected chi connectivity index (χ0v) is 18.7. The number of aromatic nitrogens is 1. The highest BCUT2D eigenvalue weighted by Crippen LogP contribution is 2.25. The number of aryl methyl sites for hydroxylation is 1. The van der Waals surface area contributed by atoms with Crippen LogP contribution in [0.15, 0.2) is 59.5 Å². The molecule has 0 bridgehead atoms. The van der Waals surface area contributed by atoms with Gasteiger partial charge in [0.2, 0.25) is 0 Å². The highest BCUT2D eigenvalue weighted by atomic mass is 16.6. The quantitative estimate of drug-likeness (QED) is 0.504. The fourth-order valence-corrected chi connectivity index (χ4v) is 2.99. The predicted octanol–water partition coefficient (Wildman–Crippen LogP) is 5.00. The van der Waals surface area contributed by atoms with Crippen LogP contribution in [0.3, 0.4) is 0 Å². The molecule has 32 heavy (non-hydrogen) atoms. The summed E-state index contributed by atoms with van der Waals surface area (Å²) in [5.74, 6) is 0.684. The van der Waals surface area contributed by atoms with Gasteiger partial charge in [-0.05, 0) is 62.6 Å². The van der Waals surface area contributed by atoms with Crippen molar-refractivity contribution in [3.8, 4) is 11.3 Å². The van der Waals surface area contributed by atoms with Crippen molar-refractivity contribution >= 4 is 17.8 Å². The van der Waals surface area contributed by atoms with Crippen molar-refractivity contribution in [3.63, 3.8) is 0 Å². The Hall–Kier alpha value is -3.81. The molecule has 8 heteroatoms. The molecule has 1 aromatic heterocycles. The Labute approximate surface area is 187 Å². The van der Waals surface area contributed by atoms with E-state index >= 15 is 0 Å². The molecule has 0 aliphatic heterocycles. The van der Waals surface area contributed by atoms with Gasteiger partial charge in [-0.1, -0.05) is 24.3 Å². The summed E-state index contributed by atoms with van der Waals surface area (Å²) >= 11 is 0. The normalized spacial score (nSPS) is 11.0. The Morgan fingerprint density at radius 2 is 1.66 bits per heavy atom. The van der Waals surface area contributed by atoms with E-state index in [1.54, 1.807) is 6.20 Å². The average molecular weight is 437 g/mol. The van der Waals surface area contributed by atoms with Crippen LogP contribution in [-0.2, 0) is 17.8 Å². The maximum atomic E-state index is 12.3. The van der Waals surface area contributed by atoms with Crippen LogP contribution in [0.2, 0.25) is 0 Å². The van der Waals surface area contributed by atoms with Crippen LogP contribution in [-0.4, -0.2) is 22.7 Å². The number of benzene rings is 2. The predicted molar refractivity (Wildman–Crippen MR) is 122 cm³/mol. The molecule has 0 unspecified atom stereocenters. The molecule has 0 atom stereocenters. The van der Waals surface area contributed by atoms with Crippen LogP contribution >= 0.6 is 0 Å². The first-order valence-corrected chi connectivity index (χ1v) is 10.3. The van der Waals surface area contributed by atoms with Crippen LogP contribution in [0.25, 0.3) is 11.3 Å². The number of nitrogens with one attached hydrogen (secondary N) is 3. The number of amides is 3. The first-order chi connectivity index (χ1) is 15.2. The van der Waals surface area contributed by atoms with Gasteiger partial charge in [0.15, 0.2) is 12.2 Å². The number of carbonyl (C=O) groups is 2. The van der Waals surface area contributed by atoms with Crippen molar-refractivity contribution in [2.45, 2.75) is 46.4 Å². The summed E-state index contributed by atoms with van der Waals surface area (Å²) in [5.41, 5.74) is 3.93. The molecule has 0 fully saturated rings. The Morgan fingerprint density at radius 3 is 2.22 bits per heavy atom. The SMILES string of the molecule is Cc1cc(NC(=O)NCc2ccc(CNC(=O)OC(C)(C)C)cc2)ccc1-c1cnco1. The molecule has 168 valence electrons. The van der Waals surface area contributed by atoms with Crippen molar-refractivity contribution in [1.82, 2.24) is 15.6 Å². The third-order valence-electron chi connectivity index (χ3n) is 4.49. The summed E-state index contributed by atoms with van der Waals surface area (Å²) in [6.07, 6.45) is 2.59. The van der Waals surface area contributed by atoms with Gasteiger partial charge in [0.25, 0.3) is 0 Å². The lowest BCUT2D eigenvalue weighted by atomic mass is 10.1. The smallest absolute Gasteiger partial charge is 0.407 e. The second-order valence-electron chi connectivity index (χ2n) is 8.38. The summed E-state index contributed by atoms with van der Waals surface area (Å²) in [5, 5.41) is 8.39. The number of anilines is 1. The number of oxazole rings is 1. The molecule has 2 aromatic carbocycles. The lowest BCUT2D eigenvalue weighted by molar-refractivity contribution is 0.0523. The number of alkyl carbamates (subject to hydrolysis) is 1. The highest BCUT2D eigenvalue weighted by molar-refractivity contribution is 5.89. The Balaban J connectivity index is 1.46. The first-order valence-electron chi connectivity index (χ1n) is 10.3. The molecule has 0 spiro atoms. The summed E-state index contributed by atoms with van der Waals surface area (Å²) in [6, 6.07) is 12.9. The number of hydrogen-bond acceptors (Lipinski definition) is 5. The number of nitrogens with zero attached hydrogens (tertiary/aromatic N) is 1. The van der Waals surface area contributed by atoms with Gasteiger partial charge in [0.05, 0.1) is 6.20 Å². The van der Waals surface area contributed by atoms with Gasteiger partial charge in [-0.15, -0.1) is 0 Å². The number of carbonyl (C=O) groups excluding carboxylic acids is 2. The van der Waals surface area contributed by atoms with Crippen molar-refractivity contribution in [1.29, 1.82) is 0 Å². The number of rotatable bonds is 6. The average Bonchev–Trinajstić information content (AvgIpc) is 3.25. The molecule has 3 N–H and O–H groups in total. The standard InChI is InChI=1S/C24H28N4O4/c1-16-11-19(9-10-20(16)21-14-25-15-31-21)28-22(29)26-12-17-5-7-18(8-6-17)13-27-23(30)32-24(2,3)4/h5-11,14-15H,12-13H2,1-4H3,(H,27,30)(H2,26,28,29). The number of urea groups is 1. The minimum atomic E-state index is -0.530. The maximum absolute atomic E-state index is 12.3. The molecule has 3 aromatic rings. The van der Waals surface area contributed by atoms with E-state index in [0.29, 0.717) is 24.5 Å². The molecule has 0 radical (unpaired) electrons. The summed E-state index contributed by atoms with van der Waals surface area (Å²) in [7, 11) is 0. The van der Waals surface area contributed by atoms with Gasteiger partial charge in [-0.3, -0.25) is 0 Å². The monoisotopic (exact) mass is 436 g/mol. The van der Waals surface area contributed by atoms with Gasteiger partial charge < -0.3 is 25.1 Å². The van der Waals surface area contributed by atoms with E-state index in [4.69, 9.17) is 9.15 Å². The second kappa shape index (κ2) is 10.00. The first kappa shape index (κ1) is 22.9. The Bertz CT molecular complexity index is 1050. The molecule has 8 nitrogen and oxygen atoms in total.